The summed E-state index contributed by atoms with van der Waals surface area (Å²) in [4.78, 5) is 20.4. The lowest BCUT2D eigenvalue weighted by Crippen LogP contribution is -2.27. The van der Waals surface area contributed by atoms with Crippen molar-refractivity contribution in [3.05, 3.63) is 65.0 Å². The minimum absolute atomic E-state index is 0.222. The van der Waals surface area contributed by atoms with Gasteiger partial charge in [-0.1, -0.05) is 39.0 Å². The fourth-order valence-corrected chi connectivity index (χ4v) is 3.88. The fraction of sp³-hybridized carbons (Fsp3) is 0.391. The van der Waals surface area contributed by atoms with Gasteiger partial charge < -0.3 is 9.72 Å². The van der Waals surface area contributed by atoms with Gasteiger partial charge >= 0.3 is 5.97 Å². The van der Waals surface area contributed by atoms with Crippen molar-refractivity contribution in [1.29, 1.82) is 0 Å². The van der Waals surface area contributed by atoms with Crippen LogP contribution < -0.4 is 0 Å². The number of aryl methyl sites for hydroxylation is 1. The zero-order chi connectivity index (χ0) is 19.0. The first-order valence-corrected chi connectivity index (χ1v) is 9.63. The maximum absolute atomic E-state index is 12.1. The lowest BCUT2D eigenvalue weighted by atomic mass is 9.71. The van der Waals surface area contributed by atoms with Gasteiger partial charge in [0.25, 0.3) is 0 Å². The molecule has 0 saturated heterocycles. The van der Waals surface area contributed by atoms with E-state index in [1.807, 2.05) is 24.3 Å². The Labute approximate surface area is 160 Å². The second-order valence-electron chi connectivity index (χ2n) is 8.57. The third kappa shape index (κ3) is 3.75. The maximum Gasteiger partial charge on any atom is 0.338 e. The molecule has 1 aliphatic carbocycles. The van der Waals surface area contributed by atoms with E-state index in [0.29, 0.717) is 16.9 Å². The predicted molar refractivity (Wildman–Crippen MR) is 107 cm³/mol. The van der Waals surface area contributed by atoms with E-state index in [9.17, 15) is 4.79 Å². The largest absolute Gasteiger partial charge is 0.456 e. The van der Waals surface area contributed by atoms with Crippen LogP contribution in [0, 0.1) is 11.3 Å². The molecule has 4 heteroatoms. The quantitative estimate of drug-likeness (QED) is 0.662. The van der Waals surface area contributed by atoms with Crippen molar-refractivity contribution in [2.24, 2.45) is 11.3 Å². The Balaban J connectivity index is 1.51. The molecular weight excluding hydrogens is 336 g/mol. The Morgan fingerprint density at radius 3 is 2.74 bits per heavy atom. The molecule has 0 fully saturated rings. The summed E-state index contributed by atoms with van der Waals surface area (Å²) in [6.07, 6.45) is 3.32. The van der Waals surface area contributed by atoms with Crippen molar-refractivity contribution >= 4 is 17.0 Å². The van der Waals surface area contributed by atoms with Crippen LogP contribution in [0.2, 0.25) is 0 Å². The van der Waals surface area contributed by atoms with E-state index in [-0.39, 0.29) is 12.6 Å². The van der Waals surface area contributed by atoms with E-state index in [1.54, 1.807) is 12.1 Å². The summed E-state index contributed by atoms with van der Waals surface area (Å²) >= 11 is 0. The number of nitrogens with zero attached hydrogens (tertiary/aromatic N) is 1. The second-order valence-corrected chi connectivity index (χ2v) is 8.57. The predicted octanol–water partition coefficient (Wildman–Crippen LogP) is 5.07. The molecule has 0 saturated carbocycles. The Hall–Kier alpha value is -2.62. The molecule has 0 radical (unpaired) electrons. The van der Waals surface area contributed by atoms with Crippen LogP contribution in [-0.4, -0.2) is 15.9 Å². The van der Waals surface area contributed by atoms with E-state index >= 15 is 0 Å². The Kier molecular flexibility index (Phi) is 4.50. The van der Waals surface area contributed by atoms with E-state index in [2.05, 4.69) is 31.8 Å². The molecule has 4 nitrogen and oxygen atoms in total. The minimum Gasteiger partial charge on any atom is -0.456 e. The van der Waals surface area contributed by atoms with Gasteiger partial charge in [-0.15, -0.1) is 0 Å². The molecule has 1 aromatic carbocycles. The number of ether oxygens (including phenoxy) is 1. The van der Waals surface area contributed by atoms with Gasteiger partial charge in [-0.3, -0.25) is 4.98 Å². The average molecular weight is 362 g/mol. The van der Waals surface area contributed by atoms with E-state index in [1.165, 1.54) is 17.7 Å². The molecule has 0 spiro atoms. The van der Waals surface area contributed by atoms with Crippen LogP contribution in [0.4, 0.5) is 0 Å². The number of benzene rings is 1. The first kappa shape index (κ1) is 17.8. The standard InChI is InChI=1S/C23H26N2O2/c1-23(2,3)17-9-10-19-16(11-17)12-20-21(25-19)13-18(24-20)14-27-22(26)15-7-5-4-6-8-15/h4-8,12-13,17,24H,9-11,14H2,1-3H3. The molecule has 2 aromatic heterocycles. The van der Waals surface area contributed by atoms with Gasteiger partial charge in [0, 0.05) is 5.69 Å². The van der Waals surface area contributed by atoms with Crippen molar-refractivity contribution in [3.8, 4) is 0 Å². The molecule has 3 aromatic rings. The van der Waals surface area contributed by atoms with Crippen LogP contribution in [0.3, 0.4) is 0 Å². The van der Waals surface area contributed by atoms with Crippen LogP contribution >= 0.6 is 0 Å². The van der Waals surface area contributed by atoms with Gasteiger partial charge in [0.15, 0.2) is 0 Å². The number of H-pyrrole nitrogens is 1. The molecule has 1 aliphatic rings. The number of fused-ring (bicyclic) bond motifs is 2. The summed E-state index contributed by atoms with van der Waals surface area (Å²) in [5.41, 5.74) is 6.30. The van der Waals surface area contributed by atoms with Crippen molar-refractivity contribution in [2.75, 3.05) is 0 Å². The SMILES string of the molecule is CC(C)(C)C1CCc2nc3cc(COC(=O)c4ccccc4)[nH]c3cc2C1. The third-order valence-electron chi connectivity index (χ3n) is 5.62. The summed E-state index contributed by atoms with van der Waals surface area (Å²) < 4.78 is 5.43. The fourth-order valence-electron chi connectivity index (χ4n) is 3.88. The number of aromatic amines is 1. The topological polar surface area (TPSA) is 55.0 Å². The molecule has 1 atom stereocenters. The molecule has 0 aliphatic heterocycles. The molecule has 0 amide bonds. The molecular formula is C23H26N2O2. The van der Waals surface area contributed by atoms with E-state index in [0.717, 1.165) is 29.6 Å². The van der Waals surface area contributed by atoms with Crippen molar-refractivity contribution < 1.29 is 9.53 Å². The highest BCUT2D eigenvalue weighted by molar-refractivity contribution is 5.89. The molecule has 1 unspecified atom stereocenters. The number of hydrogen-bond acceptors (Lipinski definition) is 3. The Bertz CT molecular complexity index is 967. The molecule has 0 bridgehead atoms. The number of rotatable bonds is 3. The first-order chi connectivity index (χ1) is 12.9. The Morgan fingerprint density at radius 1 is 1.22 bits per heavy atom. The number of esters is 1. The molecule has 4 rings (SSSR count). The summed E-state index contributed by atoms with van der Waals surface area (Å²) in [6.45, 7) is 7.19. The van der Waals surface area contributed by atoms with E-state index in [4.69, 9.17) is 9.72 Å². The monoisotopic (exact) mass is 362 g/mol. The zero-order valence-corrected chi connectivity index (χ0v) is 16.2. The summed E-state index contributed by atoms with van der Waals surface area (Å²) in [7, 11) is 0. The van der Waals surface area contributed by atoms with Gasteiger partial charge in [-0.2, -0.15) is 0 Å². The van der Waals surface area contributed by atoms with Crippen molar-refractivity contribution in [3.63, 3.8) is 0 Å². The van der Waals surface area contributed by atoms with E-state index < -0.39 is 0 Å². The number of carbonyl (C=O) groups is 1. The van der Waals surface area contributed by atoms with Gasteiger partial charge in [0.05, 0.1) is 22.3 Å². The van der Waals surface area contributed by atoms with Crippen LogP contribution in [0.1, 0.15) is 54.5 Å². The summed E-state index contributed by atoms with van der Waals surface area (Å²) in [5, 5.41) is 0. The van der Waals surface area contributed by atoms with Gasteiger partial charge in [-0.05, 0) is 60.4 Å². The average Bonchev–Trinajstić information content (AvgIpc) is 3.05. The first-order valence-electron chi connectivity index (χ1n) is 9.63. The highest BCUT2D eigenvalue weighted by Gasteiger charge is 2.29. The Morgan fingerprint density at radius 2 is 2.00 bits per heavy atom. The van der Waals surface area contributed by atoms with Gasteiger partial charge in [0.1, 0.15) is 6.61 Å². The van der Waals surface area contributed by atoms with Crippen LogP contribution in [0.25, 0.3) is 11.0 Å². The van der Waals surface area contributed by atoms with Gasteiger partial charge in [0.2, 0.25) is 0 Å². The zero-order valence-electron chi connectivity index (χ0n) is 16.2. The van der Waals surface area contributed by atoms with Crippen molar-refractivity contribution in [2.45, 2.75) is 46.6 Å². The number of carbonyl (C=O) groups excluding carboxylic acids is 1. The maximum atomic E-state index is 12.1. The number of pyridine rings is 1. The normalized spacial score (nSPS) is 16.9. The minimum atomic E-state index is -0.311. The van der Waals surface area contributed by atoms with Gasteiger partial charge in [-0.25, -0.2) is 4.79 Å². The smallest absolute Gasteiger partial charge is 0.338 e. The third-order valence-corrected chi connectivity index (χ3v) is 5.62. The highest BCUT2D eigenvalue weighted by Crippen LogP contribution is 2.37. The number of nitrogens with one attached hydrogen (secondary N) is 1. The lowest BCUT2D eigenvalue weighted by Gasteiger charge is -2.34. The van der Waals surface area contributed by atoms with Crippen molar-refractivity contribution in [1.82, 2.24) is 9.97 Å². The molecule has 2 heterocycles. The van der Waals surface area contributed by atoms with Crippen LogP contribution in [-0.2, 0) is 24.2 Å². The summed E-state index contributed by atoms with van der Waals surface area (Å²) in [6, 6.07) is 13.3. The molecule has 27 heavy (non-hydrogen) atoms. The second kappa shape index (κ2) is 6.84. The van der Waals surface area contributed by atoms with Crippen LogP contribution in [0.5, 0.6) is 0 Å². The molecule has 140 valence electrons. The lowest BCUT2D eigenvalue weighted by molar-refractivity contribution is 0.0468. The highest BCUT2D eigenvalue weighted by atomic mass is 16.5. The van der Waals surface area contributed by atoms with Crippen LogP contribution in [0.15, 0.2) is 42.5 Å². The number of hydrogen-bond donors (Lipinski definition) is 1. The molecule has 1 N–H and O–H groups in total. The number of aromatic nitrogens is 2. The summed E-state index contributed by atoms with van der Waals surface area (Å²) in [5.74, 6) is 0.375.